The Morgan fingerprint density at radius 3 is 2.17 bits per heavy atom. The highest BCUT2D eigenvalue weighted by Crippen LogP contribution is 2.29. The summed E-state index contributed by atoms with van der Waals surface area (Å²) in [6.07, 6.45) is -0.948. The second-order valence-electron chi connectivity index (χ2n) is 5.97. The fourth-order valence-electron chi connectivity index (χ4n) is 2.39. The number of hydrogen-bond acceptors (Lipinski definition) is 7. The maximum absolute atomic E-state index is 12.3. The quantitative estimate of drug-likeness (QED) is 0.610. The molecule has 2 aromatic carbocycles. The lowest BCUT2D eigenvalue weighted by molar-refractivity contribution is -0.153. The molecular formula is C21H25NO7. The van der Waals surface area contributed by atoms with Crippen molar-refractivity contribution in [3.05, 3.63) is 42.5 Å². The van der Waals surface area contributed by atoms with E-state index in [0.717, 1.165) is 0 Å². The smallest absolute Gasteiger partial charge is 0.310 e. The molecule has 8 heteroatoms. The lowest BCUT2D eigenvalue weighted by Crippen LogP contribution is -2.30. The van der Waals surface area contributed by atoms with Crippen LogP contribution in [0.3, 0.4) is 0 Å². The van der Waals surface area contributed by atoms with Crippen molar-refractivity contribution in [2.45, 2.75) is 19.4 Å². The van der Waals surface area contributed by atoms with Gasteiger partial charge >= 0.3 is 5.97 Å². The number of carbonyl (C=O) groups excluding carboxylic acids is 2. The third kappa shape index (κ3) is 6.60. The predicted molar refractivity (Wildman–Crippen MR) is 107 cm³/mol. The summed E-state index contributed by atoms with van der Waals surface area (Å²) in [5.41, 5.74) is 0.499. The molecule has 0 radical (unpaired) electrons. The minimum absolute atomic E-state index is 0.0139. The molecule has 0 fully saturated rings. The van der Waals surface area contributed by atoms with Gasteiger partial charge < -0.3 is 29.0 Å². The first-order valence-corrected chi connectivity index (χ1v) is 8.96. The van der Waals surface area contributed by atoms with Crippen molar-refractivity contribution in [3.63, 3.8) is 0 Å². The Morgan fingerprint density at radius 1 is 0.897 bits per heavy atom. The highest BCUT2D eigenvalue weighted by Gasteiger charge is 2.18. The number of nitrogens with one attached hydrogen (secondary N) is 1. The van der Waals surface area contributed by atoms with E-state index in [2.05, 4.69) is 5.32 Å². The molecule has 0 heterocycles. The van der Waals surface area contributed by atoms with Crippen LogP contribution in [0.25, 0.3) is 0 Å². The van der Waals surface area contributed by atoms with Crippen molar-refractivity contribution in [2.24, 2.45) is 0 Å². The normalized spacial score (nSPS) is 11.2. The van der Waals surface area contributed by atoms with Crippen LogP contribution in [0.5, 0.6) is 23.0 Å². The molecule has 1 amide bonds. The Hall–Kier alpha value is -3.42. The van der Waals surface area contributed by atoms with Crippen molar-refractivity contribution >= 4 is 17.6 Å². The summed E-state index contributed by atoms with van der Waals surface area (Å²) >= 11 is 0. The van der Waals surface area contributed by atoms with Crippen molar-refractivity contribution in [2.75, 3.05) is 33.3 Å². The number of anilines is 1. The van der Waals surface area contributed by atoms with Crippen molar-refractivity contribution in [1.29, 1.82) is 0 Å². The van der Waals surface area contributed by atoms with E-state index >= 15 is 0 Å². The summed E-state index contributed by atoms with van der Waals surface area (Å²) in [4.78, 5) is 24.2. The van der Waals surface area contributed by atoms with Gasteiger partial charge in [0, 0.05) is 11.8 Å². The Morgan fingerprint density at radius 2 is 1.55 bits per heavy atom. The van der Waals surface area contributed by atoms with Crippen LogP contribution in [-0.2, 0) is 14.3 Å². The average Bonchev–Trinajstić information content (AvgIpc) is 2.74. The van der Waals surface area contributed by atoms with Gasteiger partial charge in [0.2, 0.25) is 0 Å². The summed E-state index contributed by atoms with van der Waals surface area (Å²) in [5, 5.41) is 2.67. The Bertz CT molecular complexity index is 820. The van der Waals surface area contributed by atoms with Crippen molar-refractivity contribution < 1.29 is 33.3 Å². The standard InChI is InChI=1S/C21H25NO7/c1-14(21(24)22-15-5-10-18(26-3)19(13-15)27-4)29-20(23)11-12-28-17-8-6-16(25-2)7-9-17/h5-10,13-14H,11-12H2,1-4H3,(H,22,24). The number of methoxy groups -OCH3 is 3. The van der Waals surface area contributed by atoms with Gasteiger partial charge in [-0.1, -0.05) is 0 Å². The number of rotatable bonds is 10. The van der Waals surface area contributed by atoms with Crippen molar-refractivity contribution in [1.82, 2.24) is 0 Å². The van der Waals surface area contributed by atoms with Gasteiger partial charge in [-0.15, -0.1) is 0 Å². The first kappa shape index (κ1) is 21.9. The molecule has 0 saturated carbocycles. The number of amides is 1. The molecule has 0 aliphatic heterocycles. The largest absolute Gasteiger partial charge is 0.497 e. The second-order valence-corrected chi connectivity index (χ2v) is 5.97. The van der Waals surface area contributed by atoms with Crippen LogP contribution in [0.1, 0.15) is 13.3 Å². The van der Waals surface area contributed by atoms with Crippen LogP contribution in [0.15, 0.2) is 42.5 Å². The molecule has 0 aliphatic rings. The zero-order chi connectivity index (χ0) is 21.2. The minimum Gasteiger partial charge on any atom is -0.497 e. The SMILES string of the molecule is COc1ccc(OCCC(=O)OC(C)C(=O)Nc2ccc(OC)c(OC)c2)cc1. The van der Waals surface area contributed by atoms with Gasteiger partial charge in [-0.3, -0.25) is 9.59 Å². The van der Waals surface area contributed by atoms with E-state index in [1.807, 2.05) is 0 Å². The molecule has 1 N–H and O–H groups in total. The molecule has 0 aliphatic carbocycles. The Balaban J connectivity index is 1.78. The summed E-state index contributed by atoms with van der Waals surface area (Å²) in [6, 6.07) is 11.9. The van der Waals surface area contributed by atoms with E-state index in [4.69, 9.17) is 23.7 Å². The topological polar surface area (TPSA) is 92.3 Å². The third-order valence-corrected chi connectivity index (χ3v) is 3.96. The molecule has 8 nitrogen and oxygen atoms in total. The molecule has 29 heavy (non-hydrogen) atoms. The molecule has 0 saturated heterocycles. The van der Waals surface area contributed by atoms with E-state index in [-0.39, 0.29) is 13.0 Å². The Kier molecular flexibility index (Phi) is 8.14. The number of benzene rings is 2. The molecule has 2 rings (SSSR count). The maximum atomic E-state index is 12.3. The molecule has 156 valence electrons. The van der Waals surface area contributed by atoms with E-state index in [9.17, 15) is 9.59 Å². The third-order valence-electron chi connectivity index (χ3n) is 3.96. The highest BCUT2D eigenvalue weighted by molar-refractivity contribution is 5.95. The van der Waals surface area contributed by atoms with E-state index < -0.39 is 18.0 Å². The van der Waals surface area contributed by atoms with Crippen LogP contribution in [0, 0.1) is 0 Å². The van der Waals surface area contributed by atoms with Gasteiger partial charge in [-0.05, 0) is 43.3 Å². The molecule has 1 unspecified atom stereocenters. The molecule has 2 aromatic rings. The minimum atomic E-state index is -0.961. The van der Waals surface area contributed by atoms with Crippen LogP contribution in [-0.4, -0.2) is 45.9 Å². The zero-order valence-corrected chi connectivity index (χ0v) is 16.9. The number of esters is 1. The molecular weight excluding hydrogens is 378 g/mol. The molecule has 1 atom stereocenters. The number of hydrogen-bond donors (Lipinski definition) is 1. The molecule has 0 bridgehead atoms. The molecule has 0 aromatic heterocycles. The van der Waals surface area contributed by atoms with Crippen LogP contribution in [0.2, 0.25) is 0 Å². The summed E-state index contributed by atoms with van der Waals surface area (Å²) < 4.78 is 26.0. The van der Waals surface area contributed by atoms with Gasteiger partial charge in [0.25, 0.3) is 5.91 Å². The first-order valence-electron chi connectivity index (χ1n) is 8.96. The van der Waals surface area contributed by atoms with Crippen LogP contribution in [0.4, 0.5) is 5.69 Å². The van der Waals surface area contributed by atoms with Gasteiger partial charge in [0.05, 0.1) is 34.4 Å². The van der Waals surface area contributed by atoms with Gasteiger partial charge in [0.15, 0.2) is 17.6 Å². The highest BCUT2D eigenvalue weighted by atomic mass is 16.6. The number of carbonyl (C=O) groups is 2. The summed E-state index contributed by atoms with van der Waals surface area (Å²) in [6.45, 7) is 1.63. The van der Waals surface area contributed by atoms with Crippen LogP contribution >= 0.6 is 0 Å². The van der Waals surface area contributed by atoms with E-state index in [1.165, 1.54) is 21.1 Å². The first-order chi connectivity index (χ1) is 14.0. The Labute approximate surface area is 169 Å². The predicted octanol–water partition coefficient (Wildman–Crippen LogP) is 3.05. The lowest BCUT2D eigenvalue weighted by atomic mass is 10.2. The zero-order valence-electron chi connectivity index (χ0n) is 16.9. The van der Waals surface area contributed by atoms with Crippen LogP contribution < -0.4 is 24.3 Å². The lowest BCUT2D eigenvalue weighted by Gasteiger charge is -2.15. The van der Waals surface area contributed by atoms with Crippen molar-refractivity contribution in [3.8, 4) is 23.0 Å². The van der Waals surface area contributed by atoms with Gasteiger partial charge in [0.1, 0.15) is 11.5 Å². The summed E-state index contributed by atoms with van der Waals surface area (Å²) in [5.74, 6) is 1.35. The maximum Gasteiger partial charge on any atom is 0.310 e. The second kappa shape index (κ2) is 10.8. The monoisotopic (exact) mass is 403 g/mol. The average molecular weight is 403 g/mol. The molecule has 0 spiro atoms. The fourth-order valence-corrected chi connectivity index (χ4v) is 2.39. The van der Waals surface area contributed by atoms with Gasteiger partial charge in [-0.2, -0.15) is 0 Å². The van der Waals surface area contributed by atoms with E-state index in [0.29, 0.717) is 28.7 Å². The van der Waals surface area contributed by atoms with Gasteiger partial charge in [-0.25, -0.2) is 0 Å². The summed E-state index contributed by atoms with van der Waals surface area (Å²) in [7, 11) is 4.60. The number of ether oxygens (including phenoxy) is 5. The van der Waals surface area contributed by atoms with E-state index in [1.54, 1.807) is 49.6 Å². The fraction of sp³-hybridized carbons (Fsp3) is 0.333.